The van der Waals surface area contributed by atoms with Gasteiger partial charge in [-0.1, -0.05) is 42.5 Å². The fraction of sp³-hybridized carbons (Fsp3) is 0.200. The summed E-state index contributed by atoms with van der Waals surface area (Å²) in [7, 11) is 1.56. The number of likely N-dealkylation sites (tertiary alicyclic amines) is 1. The number of carbonyl (C=O) groups excluding carboxylic acids is 2. The molecule has 0 saturated carbocycles. The lowest BCUT2D eigenvalue weighted by atomic mass is 9.91. The minimum atomic E-state index is -0.803. The zero-order chi connectivity index (χ0) is 23.5. The van der Waals surface area contributed by atoms with Crippen molar-refractivity contribution in [2.45, 2.75) is 12.5 Å². The van der Waals surface area contributed by atoms with Crippen LogP contribution < -0.4 is 0 Å². The Labute approximate surface area is 189 Å². The van der Waals surface area contributed by atoms with Gasteiger partial charge in [0.25, 0.3) is 17.4 Å². The van der Waals surface area contributed by atoms with Gasteiger partial charge in [0, 0.05) is 38.0 Å². The molecule has 33 heavy (non-hydrogen) atoms. The highest BCUT2D eigenvalue weighted by Gasteiger charge is 2.46. The SMILES string of the molecule is COCCCN1C(=O)C(=O)/C(=C(\O)c2ccc([N+](=O)[O-])cc2)C1c1cccc2ccccc12. The number of aliphatic hydroxyl groups is 1. The van der Waals surface area contributed by atoms with Crippen LogP contribution in [-0.4, -0.2) is 46.9 Å². The number of carbonyl (C=O) groups is 2. The molecule has 1 saturated heterocycles. The minimum absolute atomic E-state index is 0.0392. The molecule has 1 atom stereocenters. The molecule has 1 amide bonds. The predicted octanol–water partition coefficient (Wildman–Crippen LogP) is 4.21. The summed E-state index contributed by atoms with van der Waals surface area (Å²) < 4.78 is 5.11. The molecular weight excluding hydrogens is 424 g/mol. The second kappa shape index (κ2) is 9.22. The van der Waals surface area contributed by atoms with E-state index in [1.54, 1.807) is 7.11 Å². The molecule has 1 N–H and O–H groups in total. The maximum absolute atomic E-state index is 13.1. The first-order valence-corrected chi connectivity index (χ1v) is 10.4. The molecule has 3 aromatic rings. The van der Waals surface area contributed by atoms with E-state index in [2.05, 4.69) is 0 Å². The molecule has 0 aromatic heterocycles. The number of nitro groups is 1. The van der Waals surface area contributed by atoms with Crippen LogP contribution in [0.15, 0.2) is 72.3 Å². The number of nitro benzene ring substituents is 1. The number of Topliss-reactive ketones (excluding diaryl/α,β-unsaturated/α-hetero) is 1. The second-order valence-electron chi connectivity index (χ2n) is 7.71. The molecule has 1 fully saturated rings. The highest BCUT2D eigenvalue weighted by molar-refractivity contribution is 6.46. The van der Waals surface area contributed by atoms with E-state index in [1.807, 2.05) is 42.5 Å². The number of ether oxygens (including phenoxy) is 1. The van der Waals surface area contributed by atoms with Crippen molar-refractivity contribution >= 4 is 33.9 Å². The highest BCUT2D eigenvalue weighted by Crippen LogP contribution is 2.42. The number of amides is 1. The molecule has 0 spiro atoms. The maximum Gasteiger partial charge on any atom is 0.295 e. The zero-order valence-electron chi connectivity index (χ0n) is 17.9. The van der Waals surface area contributed by atoms with Crippen molar-refractivity contribution in [2.24, 2.45) is 0 Å². The Morgan fingerprint density at radius 1 is 1.06 bits per heavy atom. The molecule has 0 bridgehead atoms. The molecule has 3 aromatic carbocycles. The van der Waals surface area contributed by atoms with E-state index in [0.29, 0.717) is 18.6 Å². The smallest absolute Gasteiger partial charge is 0.295 e. The van der Waals surface area contributed by atoms with Gasteiger partial charge in [-0.3, -0.25) is 19.7 Å². The summed E-state index contributed by atoms with van der Waals surface area (Å²) in [5.41, 5.74) is 0.758. The third kappa shape index (κ3) is 4.08. The van der Waals surface area contributed by atoms with E-state index in [-0.39, 0.29) is 29.1 Å². The summed E-state index contributed by atoms with van der Waals surface area (Å²) in [5, 5.41) is 23.9. The second-order valence-corrected chi connectivity index (χ2v) is 7.71. The summed E-state index contributed by atoms with van der Waals surface area (Å²) in [5.74, 6) is -1.86. The average Bonchev–Trinajstić information content (AvgIpc) is 3.08. The summed E-state index contributed by atoms with van der Waals surface area (Å²) in [6.07, 6.45) is 0.516. The third-order valence-electron chi connectivity index (χ3n) is 5.76. The number of methoxy groups -OCH3 is 1. The van der Waals surface area contributed by atoms with Gasteiger partial charge in [0.15, 0.2) is 0 Å². The van der Waals surface area contributed by atoms with Crippen molar-refractivity contribution < 1.29 is 24.4 Å². The number of hydrogen-bond acceptors (Lipinski definition) is 6. The average molecular weight is 446 g/mol. The molecular formula is C25H22N2O6. The number of nitrogens with zero attached hydrogens (tertiary/aromatic N) is 2. The fourth-order valence-electron chi connectivity index (χ4n) is 4.20. The van der Waals surface area contributed by atoms with Crippen LogP contribution in [0.3, 0.4) is 0 Å². The quantitative estimate of drug-likeness (QED) is 0.145. The van der Waals surface area contributed by atoms with Crippen molar-refractivity contribution in [3.05, 3.63) is 93.5 Å². The lowest BCUT2D eigenvalue weighted by Gasteiger charge is -2.26. The van der Waals surface area contributed by atoms with Gasteiger partial charge in [0.2, 0.25) is 0 Å². The van der Waals surface area contributed by atoms with Gasteiger partial charge in [-0.15, -0.1) is 0 Å². The largest absolute Gasteiger partial charge is 0.507 e. The van der Waals surface area contributed by atoms with Gasteiger partial charge in [0.1, 0.15) is 5.76 Å². The van der Waals surface area contributed by atoms with E-state index in [4.69, 9.17) is 4.74 Å². The van der Waals surface area contributed by atoms with Crippen molar-refractivity contribution in [3.63, 3.8) is 0 Å². The van der Waals surface area contributed by atoms with Crippen LogP contribution >= 0.6 is 0 Å². The number of benzene rings is 3. The summed E-state index contributed by atoms with van der Waals surface area (Å²) in [6, 6.07) is 17.7. The zero-order valence-corrected chi connectivity index (χ0v) is 17.9. The number of rotatable bonds is 7. The van der Waals surface area contributed by atoms with Gasteiger partial charge < -0.3 is 14.7 Å². The van der Waals surface area contributed by atoms with Gasteiger partial charge in [-0.2, -0.15) is 0 Å². The van der Waals surface area contributed by atoms with Crippen molar-refractivity contribution in [1.82, 2.24) is 4.90 Å². The monoisotopic (exact) mass is 446 g/mol. The Bertz CT molecular complexity index is 1260. The standard InChI is InChI=1S/C25H22N2O6/c1-33-15-5-14-26-22(20-9-4-7-16-6-2-3-8-19(16)20)21(24(29)25(26)30)23(28)17-10-12-18(13-11-17)27(31)32/h2-4,6-13,22,28H,5,14-15H2,1H3/b23-21-. The first-order chi connectivity index (χ1) is 15.9. The minimum Gasteiger partial charge on any atom is -0.507 e. The van der Waals surface area contributed by atoms with Crippen LogP contribution in [0.2, 0.25) is 0 Å². The number of hydrogen-bond donors (Lipinski definition) is 1. The predicted molar refractivity (Wildman–Crippen MR) is 123 cm³/mol. The number of fused-ring (bicyclic) bond motifs is 1. The van der Waals surface area contributed by atoms with Crippen LogP contribution in [0, 0.1) is 10.1 Å². The Morgan fingerprint density at radius 2 is 1.76 bits per heavy atom. The molecule has 8 nitrogen and oxygen atoms in total. The van der Waals surface area contributed by atoms with Gasteiger partial charge in [0.05, 0.1) is 16.5 Å². The van der Waals surface area contributed by atoms with Crippen molar-refractivity contribution in [2.75, 3.05) is 20.3 Å². The van der Waals surface area contributed by atoms with Crippen LogP contribution in [-0.2, 0) is 14.3 Å². The summed E-state index contributed by atoms with van der Waals surface area (Å²) >= 11 is 0. The number of ketones is 1. The van der Waals surface area contributed by atoms with E-state index in [1.165, 1.54) is 29.2 Å². The topological polar surface area (TPSA) is 110 Å². The van der Waals surface area contributed by atoms with Gasteiger partial charge >= 0.3 is 0 Å². The van der Waals surface area contributed by atoms with E-state index >= 15 is 0 Å². The molecule has 1 heterocycles. The van der Waals surface area contributed by atoms with Gasteiger partial charge in [-0.25, -0.2) is 0 Å². The Hall–Kier alpha value is -4.04. The summed E-state index contributed by atoms with van der Waals surface area (Å²) in [6.45, 7) is 0.678. The van der Waals surface area contributed by atoms with Crippen molar-refractivity contribution in [3.8, 4) is 0 Å². The van der Waals surface area contributed by atoms with Crippen molar-refractivity contribution in [1.29, 1.82) is 0 Å². The summed E-state index contributed by atoms with van der Waals surface area (Å²) in [4.78, 5) is 38.0. The Morgan fingerprint density at radius 3 is 2.45 bits per heavy atom. The first-order valence-electron chi connectivity index (χ1n) is 10.4. The molecule has 0 radical (unpaired) electrons. The molecule has 168 valence electrons. The molecule has 4 rings (SSSR count). The third-order valence-corrected chi connectivity index (χ3v) is 5.76. The molecule has 0 aliphatic carbocycles. The molecule has 1 unspecified atom stereocenters. The number of non-ortho nitro benzene ring substituents is 1. The Balaban J connectivity index is 1.89. The van der Waals surface area contributed by atoms with Crippen LogP contribution in [0.5, 0.6) is 0 Å². The molecule has 1 aliphatic heterocycles. The Kier molecular flexibility index (Phi) is 6.19. The normalized spacial score (nSPS) is 17.6. The maximum atomic E-state index is 13.1. The highest BCUT2D eigenvalue weighted by atomic mass is 16.6. The van der Waals surface area contributed by atoms with E-state index < -0.39 is 22.7 Å². The van der Waals surface area contributed by atoms with Crippen LogP contribution in [0.4, 0.5) is 5.69 Å². The van der Waals surface area contributed by atoms with Crippen LogP contribution in [0.1, 0.15) is 23.6 Å². The fourth-order valence-corrected chi connectivity index (χ4v) is 4.20. The van der Waals surface area contributed by atoms with E-state index in [0.717, 1.165) is 10.8 Å². The molecule has 1 aliphatic rings. The molecule has 8 heteroatoms. The lowest BCUT2D eigenvalue weighted by Crippen LogP contribution is -2.31. The lowest BCUT2D eigenvalue weighted by molar-refractivity contribution is -0.384. The van der Waals surface area contributed by atoms with Gasteiger partial charge in [-0.05, 0) is 34.9 Å². The number of aliphatic hydroxyl groups excluding tert-OH is 1. The van der Waals surface area contributed by atoms with Crippen LogP contribution in [0.25, 0.3) is 16.5 Å². The van der Waals surface area contributed by atoms with E-state index in [9.17, 15) is 24.8 Å². The first kappa shape index (κ1) is 22.2.